The van der Waals surface area contributed by atoms with Crippen LogP contribution >= 0.6 is 11.6 Å². The second-order valence-electron chi connectivity index (χ2n) is 8.72. The molecule has 0 bridgehead atoms. The number of likely N-dealkylation sites (tertiary alicyclic amines) is 2. The molecule has 6 heteroatoms. The fourth-order valence-electron chi connectivity index (χ4n) is 5.28. The maximum atomic E-state index is 13.7. The second-order valence-corrected chi connectivity index (χ2v) is 9.12. The molecule has 4 rings (SSSR count). The van der Waals surface area contributed by atoms with Gasteiger partial charge in [0, 0.05) is 37.0 Å². The van der Waals surface area contributed by atoms with Gasteiger partial charge in [-0.2, -0.15) is 0 Å². The highest BCUT2D eigenvalue weighted by atomic mass is 35.5. The van der Waals surface area contributed by atoms with Crippen molar-refractivity contribution >= 4 is 29.3 Å². The molecule has 1 aliphatic carbocycles. The van der Waals surface area contributed by atoms with Crippen molar-refractivity contribution in [1.29, 1.82) is 0 Å². The third-order valence-corrected chi connectivity index (χ3v) is 7.17. The van der Waals surface area contributed by atoms with Crippen LogP contribution in [0.25, 0.3) is 0 Å². The highest BCUT2D eigenvalue weighted by Gasteiger charge is 2.56. The van der Waals surface area contributed by atoms with Crippen molar-refractivity contribution in [1.82, 2.24) is 9.80 Å². The molecule has 1 aromatic rings. The van der Waals surface area contributed by atoms with Crippen LogP contribution in [-0.4, -0.2) is 46.7 Å². The number of hydrogen-bond acceptors (Lipinski definition) is 3. The van der Waals surface area contributed by atoms with E-state index in [2.05, 4.69) is 0 Å². The summed E-state index contributed by atoms with van der Waals surface area (Å²) >= 11 is 6.50. The van der Waals surface area contributed by atoms with Crippen LogP contribution in [0.3, 0.4) is 0 Å². The molecule has 5 nitrogen and oxygen atoms in total. The molecule has 0 spiro atoms. The van der Waals surface area contributed by atoms with Gasteiger partial charge in [0.25, 0.3) is 0 Å². The van der Waals surface area contributed by atoms with Crippen LogP contribution in [-0.2, 0) is 19.8 Å². The summed E-state index contributed by atoms with van der Waals surface area (Å²) in [5, 5.41) is 0.450. The molecule has 1 unspecified atom stereocenters. The Morgan fingerprint density at radius 1 is 1.00 bits per heavy atom. The number of amides is 3. The zero-order valence-electron chi connectivity index (χ0n) is 16.9. The Morgan fingerprint density at radius 3 is 2.31 bits per heavy atom. The van der Waals surface area contributed by atoms with Gasteiger partial charge in [-0.15, -0.1) is 0 Å². The van der Waals surface area contributed by atoms with Gasteiger partial charge >= 0.3 is 0 Å². The number of halogens is 1. The number of imide groups is 1. The van der Waals surface area contributed by atoms with Crippen molar-refractivity contribution in [2.24, 2.45) is 0 Å². The van der Waals surface area contributed by atoms with Crippen LogP contribution in [0, 0.1) is 0 Å². The summed E-state index contributed by atoms with van der Waals surface area (Å²) in [5.74, 6) is -0.433. The first-order valence-corrected chi connectivity index (χ1v) is 11.3. The standard InChI is InChI=1S/C23H29ClN2O3/c24-19-12-6-5-11-18(19)23(15-20(27)25-13-7-1-2-8-14-25)16-21(28)26(22(23)29)17-9-3-4-10-17/h5-6,11-12,17H,1-4,7-10,13-16H2. The van der Waals surface area contributed by atoms with Crippen LogP contribution in [0.4, 0.5) is 0 Å². The number of carbonyl (C=O) groups is 3. The van der Waals surface area contributed by atoms with Gasteiger partial charge in [-0.3, -0.25) is 19.3 Å². The van der Waals surface area contributed by atoms with Gasteiger partial charge in [-0.1, -0.05) is 55.5 Å². The van der Waals surface area contributed by atoms with Crippen molar-refractivity contribution in [3.63, 3.8) is 0 Å². The molecule has 3 fully saturated rings. The van der Waals surface area contributed by atoms with Gasteiger partial charge in [0.2, 0.25) is 17.7 Å². The Hall–Kier alpha value is -1.88. The molecule has 156 valence electrons. The Kier molecular flexibility index (Phi) is 5.95. The molecule has 2 heterocycles. The molecule has 3 amide bonds. The summed E-state index contributed by atoms with van der Waals surface area (Å²) in [7, 11) is 0. The summed E-state index contributed by atoms with van der Waals surface area (Å²) in [6.45, 7) is 1.46. The van der Waals surface area contributed by atoms with E-state index in [1.54, 1.807) is 12.1 Å². The van der Waals surface area contributed by atoms with Crippen molar-refractivity contribution in [2.75, 3.05) is 13.1 Å². The van der Waals surface area contributed by atoms with Crippen LogP contribution in [0.2, 0.25) is 5.02 Å². The molecule has 1 saturated carbocycles. The molecule has 1 aromatic carbocycles. The number of benzene rings is 1. The third-order valence-electron chi connectivity index (χ3n) is 6.84. The third kappa shape index (κ3) is 3.81. The first kappa shape index (κ1) is 20.4. The molecular weight excluding hydrogens is 388 g/mol. The molecule has 0 N–H and O–H groups in total. The minimum Gasteiger partial charge on any atom is -0.343 e. The Morgan fingerprint density at radius 2 is 1.66 bits per heavy atom. The average molecular weight is 417 g/mol. The summed E-state index contributed by atoms with van der Waals surface area (Å²) in [6.07, 6.45) is 8.08. The fraction of sp³-hybridized carbons (Fsp3) is 0.609. The van der Waals surface area contributed by atoms with E-state index in [1.807, 2.05) is 17.0 Å². The molecule has 0 radical (unpaired) electrons. The van der Waals surface area contributed by atoms with E-state index in [9.17, 15) is 14.4 Å². The molecule has 3 aliphatic rings. The topological polar surface area (TPSA) is 57.7 Å². The summed E-state index contributed by atoms with van der Waals surface area (Å²) < 4.78 is 0. The van der Waals surface area contributed by atoms with Crippen molar-refractivity contribution in [3.05, 3.63) is 34.9 Å². The first-order valence-electron chi connectivity index (χ1n) is 10.9. The number of hydrogen-bond donors (Lipinski definition) is 0. The number of nitrogens with zero attached hydrogens (tertiary/aromatic N) is 2. The van der Waals surface area contributed by atoms with Gasteiger partial charge in [-0.25, -0.2) is 0 Å². The molecule has 29 heavy (non-hydrogen) atoms. The van der Waals surface area contributed by atoms with Gasteiger partial charge in [0.1, 0.15) is 0 Å². The number of carbonyl (C=O) groups excluding carboxylic acids is 3. The van der Waals surface area contributed by atoms with Gasteiger partial charge in [-0.05, 0) is 37.3 Å². The summed E-state index contributed by atoms with van der Waals surface area (Å²) in [5.41, 5.74) is -0.565. The smallest absolute Gasteiger partial charge is 0.241 e. The van der Waals surface area contributed by atoms with Crippen molar-refractivity contribution in [2.45, 2.75) is 75.7 Å². The normalized spacial score (nSPS) is 26.2. The number of rotatable bonds is 4. The molecule has 2 aliphatic heterocycles. The summed E-state index contributed by atoms with van der Waals surface area (Å²) in [6, 6.07) is 7.15. The van der Waals surface area contributed by atoms with E-state index in [1.165, 1.54) is 4.90 Å². The van der Waals surface area contributed by atoms with E-state index in [0.29, 0.717) is 10.6 Å². The summed E-state index contributed by atoms with van der Waals surface area (Å²) in [4.78, 5) is 43.4. The molecule has 2 saturated heterocycles. The van der Waals surface area contributed by atoms with Crippen LogP contribution in [0.5, 0.6) is 0 Å². The Labute approximate surface area is 177 Å². The van der Waals surface area contributed by atoms with Gasteiger partial charge in [0.15, 0.2) is 0 Å². The molecule has 0 aromatic heterocycles. The largest absolute Gasteiger partial charge is 0.343 e. The molecular formula is C23H29ClN2O3. The average Bonchev–Trinajstić information content (AvgIpc) is 3.18. The monoisotopic (exact) mass is 416 g/mol. The highest BCUT2D eigenvalue weighted by Crippen LogP contribution is 2.45. The fourth-order valence-corrected chi connectivity index (χ4v) is 5.59. The predicted molar refractivity (Wildman–Crippen MR) is 112 cm³/mol. The zero-order valence-corrected chi connectivity index (χ0v) is 17.6. The van der Waals surface area contributed by atoms with E-state index in [4.69, 9.17) is 11.6 Å². The van der Waals surface area contributed by atoms with E-state index >= 15 is 0 Å². The van der Waals surface area contributed by atoms with Gasteiger partial charge in [0.05, 0.1) is 5.41 Å². The van der Waals surface area contributed by atoms with Gasteiger partial charge < -0.3 is 4.90 Å². The van der Waals surface area contributed by atoms with Crippen LogP contribution in [0.15, 0.2) is 24.3 Å². The predicted octanol–water partition coefficient (Wildman–Crippen LogP) is 4.07. The Balaban J connectivity index is 1.69. The zero-order chi connectivity index (χ0) is 20.4. The minimum absolute atomic E-state index is 0.0184. The minimum atomic E-state index is -1.18. The second kappa shape index (κ2) is 8.47. The van der Waals surface area contributed by atoms with Crippen LogP contribution < -0.4 is 0 Å². The van der Waals surface area contributed by atoms with Crippen LogP contribution in [0.1, 0.15) is 69.8 Å². The van der Waals surface area contributed by atoms with E-state index in [0.717, 1.165) is 64.5 Å². The lowest BCUT2D eigenvalue weighted by Gasteiger charge is -2.32. The molecule has 1 atom stereocenters. The van der Waals surface area contributed by atoms with E-state index in [-0.39, 0.29) is 36.6 Å². The Bertz CT molecular complexity index is 797. The maximum Gasteiger partial charge on any atom is 0.241 e. The lowest BCUT2D eigenvalue weighted by Crippen LogP contribution is -2.46. The maximum absolute atomic E-state index is 13.7. The quantitative estimate of drug-likeness (QED) is 0.695. The first-order chi connectivity index (χ1) is 14.0. The lowest BCUT2D eigenvalue weighted by atomic mass is 9.75. The highest BCUT2D eigenvalue weighted by molar-refractivity contribution is 6.32. The lowest BCUT2D eigenvalue weighted by molar-refractivity contribution is -0.144. The SMILES string of the molecule is O=C(CC1(c2ccccc2Cl)CC(=O)N(C2CCCC2)C1=O)N1CCCCCC1. The van der Waals surface area contributed by atoms with Crippen molar-refractivity contribution < 1.29 is 14.4 Å². The van der Waals surface area contributed by atoms with E-state index < -0.39 is 5.41 Å². The van der Waals surface area contributed by atoms with Crippen molar-refractivity contribution in [3.8, 4) is 0 Å².